The molecule has 2 aliphatic rings. The number of halogens is 1. The average molecular weight is 389 g/mol. The number of rotatable bonds is 3. The third-order valence-corrected chi connectivity index (χ3v) is 6.12. The van der Waals surface area contributed by atoms with Gasteiger partial charge in [-0.25, -0.2) is 4.98 Å². The minimum absolute atomic E-state index is 0.316. The lowest BCUT2D eigenvalue weighted by atomic mass is 9.90. The van der Waals surface area contributed by atoms with E-state index in [1.807, 2.05) is 6.07 Å². The molecule has 126 valence electrons. The number of pyridine rings is 1. The molecule has 3 heterocycles. The van der Waals surface area contributed by atoms with Crippen molar-refractivity contribution in [1.29, 1.82) is 5.26 Å². The van der Waals surface area contributed by atoms with Gasteiger partial charge in [0.15, 0.2) is 5.58 Å². The molecule has 6 heteroatoms. The van der Waals surface area contributed by atoms with E-state index in [-0.39, 0.29) is 0 Å². The van der Waals surface area contributed by atoms with E-state index in [2.05, 4.69) is 31.1 Å². The Bertz CT molecular complexity index is 767. The summed E-state index contributed by atoms with van der Waals surface area (Å²) in [5, 5.41) is 13.5. The van der Waals surface area contributed by atoms with Crippen LogP contribution in [0.5, 0.6) is 0 Å². The zero-order valence-corrected chi connectivity index (χ0v) is 15.2. The van der Waals surface area contributed by atoms with Crippen LogP contribution in [0.4, 0.5) is 5.82 Å². The number of aromatic nitrogens is 1. The third kappa shape index (κ3) is 3.03. The molecule has 0 aromatic carbocycles. The van der Waals surface area contributed by atoms with Crippen molar-refractivity contribution in [2.45, 2.75) is 50.6 Å². The second kappa shape index (κ2) is 6.73. The van der Waals surface area contributed by atoms with Crippen molar-refractivity contribution in [3.05, 3.63) is 22.5 Å². The summed E-state index contributed by atoms with van der Waals surface area (Å²) in [5.41, 5.74) is 0.640. The lowest BCUT2D eigenvalue weighted by molar-refractivity contribution is 0.186. The summed E-state index contributed by atoms with van der Waals surface area (Å²) in [5.74, 6) is 1.16. The van der Waals surface area contributed by atoms with Crippen LogP contribution in [0.2, 0.25) is 0 Å². The van der Waals surface area contributed by atoms with E-state index in [9.17, 15) is 0 Å². The predicted octanol–water partition coefficient (Wildman–Crippen LogP) is 4.28. The van der Waals surface area contributed by atoms with E-state index >= 15 is 0 Å². The summed E-state index contributed by atoms with van der Waals surface area (Å²) in [7, 11) is 0. The molecule has 4 rings (SSSR count). The molecule has 2 aromatic heterocycles. The van der Waals surface area contributed by atoms with Crippen LogP contribution in [0, 0.1) is 11.3 Å². The van der Waals surface area contributed by atoms with Crippen molar-refractivity contribution >= 4 is 32.7 Å². The lowest BCUT2D eigenvalue weighted by Crippen LogP contribution is -2.39. The molecule has 5 nitrogen and oxygen atoms in total. The maximum absolute atomic E-state index is 8.98. The van der Waals surface area contributed by atoms with Gasteiger partial charge in [0.25, 0.3) is 0 Å². The molecule has 1 aliphatic carbocycles. The van der Waals surface area contributed by atoms with Crippen molar-refractivity contribution < 1.29 is 4.42 Å². The van der Waals surface area contributed by atoms with E-state index in [1.165, 1.54) is 51.6 Å². The van der Waals surface area contributed by atoms with Crippen LogP contribution in [0.3, 0.4) is 0 Å². The van der Waals surface area contributed by atoms with E-state index < -0.39 is 0 Å². The summed E-state index contributed by atoms with van der Waals surface area (Å²) in [4.78, 5) is 7.15. The van der Waals surface area contributed by atoms with Crippen LogP contribution >= 0.6 is 15.9 Å². The molecule has 0 amide bonds. The Morgan fingerprint density at radius 1 is 1.25 bits per heavy atom. The molecule has 1 saturated heterocycles. The van der Waals surface area contributed by atoms with Gasteiger partial charge in [-0.05, 0) is 67.5 Å². The van der Waals surface area contributed by atoms with E-state index in [4.69, 9.17) is 9.68 Å². The second-order valence-electron chi connectivity index (χ2n) is 6.81. The monoisotopic (exact) mass is 388 g/mol. The van der Waals surface area contributed by atoms with Gasteiger partial charge in [0.2, 0.25) is 5.76 Å². The summed E-state index contributed by atoms with van der Waals surface area (Å²) in [6.45, 7) is 2.57. The number of hydrogen-bond donors (Lipinski definition) is 1. The van der Waals surface area contributed by atoms with Crippen molar-refractivity contribution in [2.24, 2.45) is 0 Å². The van der Waals surface area contributed by atoms with Gasteiger partial charge in [-0.3, -0.25) is 0 Å². The van der Waals surface area contributed by atoms with Gasteiger partial charge in [-0.15, -0.1) is 0 Å². The number of hydrogen-bond acceptors (Lipinski definition) is 5. The Kier molecular flexibility index (Phi) is 4.47. The molecule has 1 saturated carbocycles. The number of nitriles is 1. The first-order chi connectivity index (χ1) is 11.7. The number of nitrogens with zero attached hydrogens (tertiary/aromatic N) is 3. The van der Waals surface area contributed by atoms with Gasteiger partial charge in [0.1, 0.15) is 11.9 Å². The predicted molar refractivity (Wildman–Crippen MR) is 96.9 cm³/mol. The Morgan fingerprint density at radius 2 is 2.00 bits per heavy atom. The summed E-state index contributed by atoms with van der Waals surface area (Å²) < 4.78 is 6.31. The fourth-order valence-electron chi connectivity index (χ4n) is 4.02. The maximum Gasteiger partial charge on any atom is 0.204 e. The topological polar surface area (TPSA) is 65.1 Å². The lowest BCUT2D eigenvalue weighted by Gasteiger charge is -2.35. The molecule has 1 aliphatic heterocycles. The van der Waals surface area contributed by atoms with Crippen LogP contribution < -0.4 is 5.32 Å². The zero-order chi connectivity index (χ0) is 16.5. The van der Waals surface area contributed by atoms with Crippen molar-refractivity contribution in [1.82, 2.24) is 9.88 Å². The van der Waals surface area contributed by atoms with Crippen LogP contribution in [0.1, 0.15) is 44.3 Å². The first-order valence-corrected chi connectivity index (χ1v) is 9.52. The Balaban J connectivity index is 1.43. The number of furan rings is 1. The Morgan fingerprint density at radius 3 is 2.71 bits per heavy atom. The third-order valence-electron chi connectivity index (χ3n) is 5.32. The fourth-order valence-corrected chi connectivity index (χ4v) is 4.55. The van der Waals surface area contributed by atoms with E-state index in [0.717, 1.165) is 21.7 Å². The molecule has 1 N–H and O–H groups in total. The van der Waals surface area contributed by atoms with Gasteiger partial charge in [-0.2, -0.15) is 5.26 Å². The molecule has 0 atom stereocenters. The molecule has 2 aromatic rings. The van der Waals surface area contributed by atoms with Crippen LogP contribution in [-0.4, -0.2) is 35.1 Å². The number of nitrogens with one attached hydrogen (secondary N) is 1. The molecule has 0 radical (unpaired) electrons. The van der Waals surface area contributed by atoms with Gasteiger partial charge in [0.05, 0.1) is 10.7 Å². The highest BCUT2D eigenvalue weighted by molar-refractivity contribution is 9.10. The maximum atomic E-state index is 8.98. The van der Waals surface area contributed by atoms with Crippen molar-refractivity contribution in [3.8, 4) is 6.07 Å². The molecule has 24 heavy (non-hydrogen) atoms. The molecular weight excluding hydrogens is 368 g/mol. The highest BCUT2D eigenvalue weighted by Gasteiger charge is 2.28. The van der Waals surface area contributed by atoms with E-state index in [1.54, 1.807) is 12.3 Å². The van der Waals surface area contributed by atoms with Crippen LogP contribution in [0.15, 0.2) is 21.2 Å². The highest BCUT2D eigenvalue weighted by Crippen LogP contribution is 2.34. The quantitative estimate of drug-likeness (QED) is 0.849. The largest absolute Gasteiger partial charge is 0.444 e. The van der Waals surface area contributed by atoms with Crippen LogP contribution in [0.25, 0.3) is 11.0 Å². The summed E-state index contributed by atoms with van der Waals surface area (Å²) >= 11 is 3.61. The van der Waals surface area contributed by atoms with Gasteiger partial charge < -0.3 is 14.6 Å². The molecule has 2 fully saturated rings. The van der Waals surface area contributed by atoms with Gasteiger partial charge in [0, 0.05) is 23.5 Å². The smallest absolute Gasteiger partial charge is 0.204 e. The Labute approximate surface area is 150 Å². The standard InChI is InChI=1S/C18H21BrN4O/c19-17-15-9-14(10-20)24-16(15)11-21-18(17)22-12-3-5-13(6-4-12)23-7-1-2-8-23/h9,11-13H,1-8H2,(H,21,22). The second-order valence-corrected chi connectivity index (χ2v) is 7.61. The SMILES string of the molecule is N#Cc1cc2c(Br)c(NC3CCC(N4CCCC4)CC3)ncc2o1. The number of anilines is 1. The molecule has 0 unspecified atom stereocenters. The molecule has 0 spiro atoms. The van der Waals surface area contributed by atoms with Crippen molar-refractivity contribution in [3.63, 3.8) is 0 Å². The highest BCUT2D eigenvalue weighted by atomic mass is 79.9. The average Bonchev–Trinajstić information content (AvgIpc) is 3.27. The number of likely N-dealkylation sites (tertiary alicyclic amines) is 1. The molecular formula is C18H21BrN4O. The number of fused-ring (bicyclic) bond motifs is 1. The van der Waals surface area contributed by atoms with E-state index in [0.29, 0.717) is 17.4 Å². The Hall–Kier alpha value is -1.58. The van der Waals surface area contributed by atoms with Crippen molar-refractivity contribution in [2.75, 3.05) is 18.4 Å². The minimum Gasteiger partial charge on any atom is -0.444 e. The van der Waals surface area contributed by atoms with Gasteiger partial charge >= 0.3 is 0 Å². The normalized spacial score (nSPS) is 25.0. The summed E-state index contributed by atoms with van der Waals surface area (Å²) in [6, 6.07) is 5.04. The first kappa shape index (κ1) is 15.9. The van der Waals surface area contributed by atoms with Crippen LogP contribution in [-0.2, 0) is 0 Å². The van der Waals surface area contributed by atoms with Gasteiger partial charge in [-0.1, -0.05) is 0 Å². The molecule has 0 bridgehead atoms. The zero-order valence-electron chi connectivity index (χ0n) is 13.6. The summed E-state index contributed by atoms with van der Waals surface area (Å²) in [6.07, 6.45) is 9.32. The minimum atomic E-state index is 0.316. The fraction of sp³-hybridized carbons (Fsp3) is 0.556. The first-order valence-electron chi connectivity index (χ1n) is 8.73.